The molecule has 2 aromatic heterocycles. The minimum atomic E-state index is -4.91. The number of hydrogen-bond donors (Lipinski definition) is 1. The van der Waals surface area contributed by atoms with Crippen LogP contribution in [-0.2, 0) is 22.6 Å². The number of para-hydroxylation sites is 1. The third kappa shape index (κ3) is 8.73. The molecule has 57 heavy (non-hydrogen) atoms. The fraction of sp³-hybridized carbons (Fsp3) is 0.512. The largest absolute Gasteiger partial charge is 0.513 e. The molecule has 3 aromatic rings. The quantitative estimate of drug-likeness (QED) is 0.151. The highest BCUT2D eigenvalue weighted by molar-refractivity contribution is 7.10. The lowest BCUT2D eigenvalue weighted by Gasteiger charge is -2.51. The van der Waals surface area contributed by atoms with Crippen molar-refractivity contribution >= 4 is 23.2 Å². The Labute approximate surface area is 330 Å². The average Bonchev–Trinajstić information content (AvgIpc) is 3.84. The van der Waals surface area contributed by atoms with E-state index in [1.54, 1.807) is 19.1 Å². The molecule has 0 unspecified atom stereocenters. The SMILES string of the molecule is C=C(O)C[C@@H]1CC[C@@H](Oc2ccccc2C2(C#N)CCN(C(=O)[C@]3(Oc4csc(C(F)(F)F)c4)CCCN(C(=O)c4ncccc4C(F)(F)F)[C@@H]3CCC)CC2)C1. The van der Waals surface area contributed by atoms with E-state index in [1.807, 2.05) is 12.1 Å². The number of aromatic nitrogens is 1. The van der Waals surface area contributed by atoms with Crippen LogP contribution >= 0.6 is 11.3 Å². The lowest BCUT2D eigenvalue weighted by Crippen LogP contribution is -2.68. The molecule has 4 heterocycles. The van der Waals surface area contributed by atoms with Crippen molar-refractivity contribution in [1.82, 2.24) is 14.8 Å². The van der Waals surface area contributed by atoms with Crippen LogP contribution in [0.2, 0.25) is 0 Å². The number of rotatable bonds is 11. The molecule has 3 fully saturated rings. The van der Waals surface area contributed by atoms with Crippen LogP contribution in [0, 0.1) is 17.2 Å². The van der Waals surface area contributed by atoms with Crippen molar-refractivity contribution in [1.29, 1.82) is 5.26 Å². The van der Waals surface area contributed by atoms with E-state index in [-0.39, 0.29) is 75.3 Å². The molecule has 16 heteroatoms. The molecular formula is C41H44F6N4O5S. The van der Waals surface area contributed by atoms with Gasteiger partial charge in [-0.15, -0.1) is 11.3 Å². The molecule has 2 aliphatic heterocycles. The number of carbonyl (C=O) groups is 2. The van der Waals surface area contributed by atoms with E-state index in [4.69, 9.17) is 9.47 Å². The Kier molecular flexibility index (Phi) is 12.2. The maximum absolute atomic E-state index is 15.1. The second-order valence-electron chi connectivity index (χ2n) is 15.1. The zero-order chi connectivity index (χ0) is 41.2. The predicted octanol–water partition coefficient (Wildman–Crippen LogP) is 9.50. The number of thiophene rings is 1. The number of nitriles is 1. The van der Waals surface area contributed by atoms with Crippen molar-refractivity contribution in [2.75, 3.05) is 19.6 Å². The van der Waals surface area contributed by atoms with E-state index < -0.39 is 57.4 Å². The molecular weight excluding hydrogens is 775 g/mol. The number of carbonyl (C=O) groups excluding carboxylic acids is 2. The van der Waals surface area contributed by atoms with Crippen molar-refractivity contribution in [3.05, 3.63) is 88.1 Å². The third-order valence-electron chi connectivity index (χ3n) is 11.3. The van der Waals surface area contributed by atoms with Crippen LogP contribution in [0.5, 0.6) is 11.5 Å². The Morgan fingerprint density at radius 1 is 1.05 bits per heavy atom. The van der Waals surface area contributed by atoms with Crippen molar-refractivity contribution < 1.29 is 50.5 Å². The van der Waals surface area contributed by atoms with Gasteiger partial charge in [0.1, 0.15) is 22.1 Å². The van der Waals surface area contributed by atoms with Crippen molar-refractivity contribution in [3.8, 4) is 17.6 Å². The van der Waals surface area contributed by atoms with Gasteiger partial charge in [0.25, 0.3) is 11.8 Å². The zero-order valence-electron chi connectivity index (χ0n) is 31.4. The first kappa shape index (κ1) is 41.8. The van der Waals surface area contributed by atoms with Crippen molar-refractivity contribution in [3.63, 3.8) is 0 Å². The van der Waals surface area contributed by atoms with Gasteiger partial charge in [-0.05, 0) is 69.1 Å². The standard InChI is InChI=1S/C41H44F6N4O5S/c1-3-8-33-39(56-29-23-34(57-24-29)41(45,46)47,14-7-18-51(33)36(53)35-31(40(42,43)44)10-6-17-49-35)37(54)50-19-15-38(25-48,16-20-50)30-9-4-5-11-32(30)55-28-13-12-27(22-28)21-26(2)52/h4-6,9-11,17,23-24,27-28,33,52H,2-3,7-8,12-16,18-22H2,1H3/t27-,28+,33+,39-/m0/s1. The summed E-state index contributed by atoms with van der Waals surface area (Å²) < 4.78 is 96.4. The minimum Gasteiger partial charge on any atom is -0.513 e. The summed E-state index contributed by atoms with van der Waals surface area (Å²) in [5.74, 6) is -1.07. The van der Waals surface area contributed by atoms with E-state index in [0.29, 0.717) is 41.9 Å². The number of benzene rings is 1. The second kappa shape index (κ2) is 16.6. The first-order valence-electron chi connectivity index (χ1n) is 19.0. The molecule has 3 aliphatic rings. The number of likely N-dealkylation sites (tertiary alicyclic amines) is 2. The molecule has 0 bridgehead atoms. The number of piperidine rings is 2. The lowest BCUT2D eigenvalue weighted by molar-refractivity contribution is -0.160. The Morgan fingerprint density at radius 2 is 1.79 bits per heavy atom. The monoisotopic (exact) mass is 818 g/mol. The number of pyridine rings is 1. The number of ether oxygens (including phenoxy) is 2. The van der Waals surface area contributed by atoms with Crippen LogP contribution in [0.25, 0.3) is 0 Å². The number of alkyl halides is 6. The zero-order valence-corrected chi connectivity index (χ0v) is 32.2. The third-order valence-corrected chi connectivity index (χ3v) is 12.3. The Hall–Kier alpha value is -4.78. The van der Waals surface area contributed by atoms with Gasteiger partial charge in [0, 0.05) is 55.7 Å². The molecule has 4 atom stereocenters. The normalized spacial score (nSPS) is 23.8. The van der Waals surface area contributed by atoms with E-state index in [2.05, 4.69) is 17.6 Å². The highest BCUT2D eigenvalue weighted by atomic mass is 32.1. The van der Waals surface area contributed by atoms with Gasteiger partial charge in [-0.1, -0.05) is 38.1 Å². The Morgan fingerprint density at radius 3 is 2.44 bits per heavy atom. The highest BCUT2D eigenvalue weighted by Gasteiger charge is 2.57. The Bertz CT molecular complexity index is 1990. The molecule has 1 aliphatic carbocycles. The van der Waals surface area contributed by atoms with E-state index in [9.17, 15) is 41.5 Å². The number of aliphatic hydroxyl groups excluding tert-OH is 1. The van der Waals surface area contributed by atoms with Crippen molar-refractivity contribution in [2.24, 2.45) is 5.92 Å². The van der Waals surface area contributed by atoms with Crippen molar-refractivity contribution in [2.45, 2.75) is 107 Å². The summed E-state index contributed by atoms with van der Waals surface area (Å²) in [5.41, 5.74) is -4.49. The number of halogens is 6. The number of hydrogen-bond acceptors (Lipinski definition) is 8. The molecule has 0 radical (unpaired) electrons. The summed E-state index contributed by atoms with van der Waals surface area (Å²) in [7, 11) is 0. The molecule has 0 spiro atoms. The van der Waals surface area contributed by atoms with Gasteiger partial charge in [0.2, 0.25) is 5.60 Å². The Balaban J connectivity index is 1.31. The van der Waals surface area contributed by atoms with E-state index >= 15 is 4.79 Å². The van der Waals surface area contributed by atoms with Crippen LogP contribution in [0.15, 0.2) is 66.4 Å². The number of allylic oxidation sites excluding steroid dienone is 1. The van der Waals surface area contributed by atoms with Gasteiger partial charge >= 0.3 is 12.4 Å². The smallest absolute Gasteiger partial charge is 0.425 e. The molecule has 1 saturated carbocycles. The summed E-state index contributed by atoms with van der Waals surface area (Å²) in [6, 6.07) is 11.1. The maximum atomic E-state index is 15.1. The molecule has 306 valence electrons. The summed E-state index contributed by atoms with van der Waals surface area (Å²) in [6.45, 7) is 5.40. The van der Waals surface area contributed by atoms with Crippen LogP contribution in [0.4, 0.5) is 26.3 Å². The minimum absolute atomic E-state index is 0.0333. The topological polar surface area (TPSA) is 116 Å². The summed E-state index contributed by atoms with van der Waals surface area (Å²) in [6.07, 6.45) is -5.03. The molecule has 6 rings (SSSR count). The van der Waals surface area contributed by atoms with Gasteiger partial charge < -0.3 is 24.4 Å². The van der Waals surface area contributed by atoms with Crippen LogP contribution in [0.3, 0.4) is 0 Å². The molecule has 9 nitrogen and oxygen atoms in total. The van der Waals surface area contributed by atoms with Gasteiger partial charge in [-0.3, -0.25) is 14.6 Å². The molecule has 2 saturated heterocycles. The fourth-order valence-electron chi connectivity index (χ4n) is 8.68. The van der Waals surface area contributed by atoms with Gasteiger partial charge in [0.15, 0.2) is 0 Å². The number of nitrogens with zero attached hydrogens (tertiary/aromatic N) is 4. The van der Waals surface area contributed by atoms with Gasteiger partial charge in [0.05, 0.1) is 35.0 Å². The van der Waals surface area contributed by atoms with Gasteiger partial charge in [-0.2, -0.15) is 31.6 Å². The first-order valence-corrected chi connectivity index (χ1v) is 19.9. The fourth-order valence-corrected chi connectivity index (χ4v) is 9.35. The lowest BCUT2D eigenvalue weighted by atomic mass is 9.72. The molecule has 2 amide bonds. The molecule has 1 aromatic carbocycles. The molecule has 1 N–H and O–H groups in total. The predicted molar refractivity (Wildman–Crippen MR) is 199 cm³/mol. The van der Waals surface area contributed by atoms with Gasteiger partial charge in [-0.25, -0.2) is 0 Å². The van der Waals surface area contributed by atoms with Crippen LogP contribution in [-0.4, -0.2) is 69.1 Å². The summed E-state index contributed by atoms with van der Waals surface area (Å²) >= 11 is 0.376. The maximum Gasteiger partial charge on any atom is 0.425 e. The average molecular weight is 819 g/mol. The van der Waals surface area contributed by atoms with Crippen LogP contribution < -0.4 is 9.47 Å². The summed E-state index contributed by atoms with van der Waals surface area (Å²) in [5, 5.41) is 21.5. The van der Waals surface area contributed by atoms with E-state index in [0.717, 1.165) is 47.5 Å². The van der Waals surface area contributed by atoms with E-state index in [1.165, 1.54) is 4.90 Å². The first-order chi connectivity index (χ1) is 27.0. The number of amides is 2. The summed E-state index contributed by atoms with van der Waals surface area (Å²) in [4.78, 5) is 34.6. The highest BCUT2D eigenvalue weighted by Crippen LogP contribution is 2.46. The van der Waals surface area contributed by atoms with Crippen LogP contribution in [0.1, 0.15) is 97.6 Å². The number of aliphatic hydroxyl groups is 1. The second-order valence-corrected chi connectivity index (χ2v) is 16.0.